The molecule has 0 aliphatic heterocycles. The molecule has 0 bridgehead atoms. The Morgan fingerprint density at radius 1 is 1.09 bits per heavy atom. The van der Waals surface area contributed by atoms with Crippen molar-refractivity contribution in [3.05, 3.63) is 54.1 Å². The highest BCUT2D eigenvalue weighted by atomic mass is 32.2. The van der Waals surface area contributed by atoms with E-state index in [0.29, 0.717) is 0 Å². The molecular formula is C16H17NO5S. The maximum absolute atomic E-state index is 12.6. The molecular weight excluding hydrogens is 318 g/mol. The monoisotopic (exact) mass is 335 g/mol. The molecule has 0 saturated heterocycles. The number of ether oxygens (including phenoxy) is 2. The standard InChI is InChI=1S/C16H17NO5S/c1-3-22-16(18)12-8-4-5-9-13(12)17-23(19,20)15-11-7-6-10-14(15)21-2/h4-11,17H,3H2,1-2H3. The normalized spacial score (nSPS) is 10.9. The van der Waals surface area contributed by atoms with Gasteiger partial charge in [0.1, 0.15) is 10.6 Å². The Morgan fingerprint density at radius 3 is 2.43 bits per heavy atom. The van der Waals surface area contributed by atoms with Gasteiger partial charge in [-0.2, -0.15) is 0 Å². The van der Waals surface area contributed by atoms with Gasteiger partial charge in [0, 0.05) is 0 Å². The molecule has 0 amide bonds. The summed E-state index contributed by atoms with van der Waals surface area (Å²) < 4.78 is 37.6. The van der Waals surface area contributed by atoms with Gasteiger partial charge in [0.15, 0.2) is 0 Å². The van der Waals surface area contributed by atoms with Gasteiger partial charge in [-0.25, -0.2) is 13.2 Å². The van der Waals surface area contributed by atoms with Gasteiger partial charge in [0.05, 0.1) is 25.0 Å². The first kappa shape index (κ1) is 16.8. The average Bonchev–Trinajstić information content (AvgIpc) is 2.55. The molecule has 2 aromatic carbocycles. The smallest absolute Gasteiger partial charge is 0.340 e. The zero-order valence-electron chi connectivity index (χ0n) is 12.8. The lowest BCUT2D eigenvalue weighted by atomic mass is 10.2. The highest BCUT2D eigenvalue weighted by molar-refractivity contribution is 7.92. The number of anilines is 1. The Morgan fingerprint density at radius 2 is 1.74 bits per heavy atom. The van der Waals surface area contributed by atoms with Crippen LogP contribution in [0.25, 0.3) is 0 Å². The van der Waals surface area contributed by atoms with Gasteiger partial charge in [0.25, 0.3) is 10.0 Å². The van der Waals surface area contributed by atoms with Crippen molar-refractivity contribution in [2.24, 2.45) is 0 Å². The number of benzene rings is 2. The summed E-state index contributed by atoms with van der Waals surface area (Å²) in [4.78, 5) is 11.9. The molecule has 7 heteroatoms. The summed E-state index contributed by atoms with van der Waals surface area (Å²) >= 11 is 0. The first-order valence-corrected chi connectivity index (χ1v) is 8.40. The number of para-hydroxylation sites is 2. The first-order valence-electron chi connectivity index (χ1n) is 6.91. The molecule has 0 atom stereocenters. The van der Waals surface area contributed by atoms with Gasteiger partial charge in [0.2, 0.25) is 0 Å². The topological polar surface area (TPSA) is 81.7 Å². The number of esters is 1. The Balaban J connectivity index is 2.40. The van der Waals surface area contributed by atoms with E-state index in [0.717, 1.165) is 0 Å². The molecule has 0 unspecified atom stereocenters. The predicted octanol–water partition coefficient (Wildman–Crippen LogP) is 2.67. The third-order valence-corrected chi connectivity index (χ3v) is 4.43. The average molecular weight is 335 g/mol. The van der Waals surface area contributed by atoms with Crippen LogP contribution in [0.15, 0.2) is 53.4 Å². The van der Waals surface area contributed by atoms with Crippen molar-refractivity contribution < 1.29 is 22.7 Å². The lowest BCUT2D eigenvalue weighted by Crippen LogP contribution is -2.17. The number of hydrogen-bond donors (Lipinski definition) is 1. The van der Waals surface area contributed by atoms with Crippen LogP contribution in [0.1, 0.15) is 17.3 Å². The molecule has 122 valence electrons. The van der Waals surface area contributed by atoms with Crippen LogP contribution in [0, 0.1) is 0 Å². The summed E-state index contributed by atoms with van der Waals surface area (Å²) in [6, 6.07) is 12.5. The van der Waals surface area contributed by atoms with Crippen LogP contribution >= 0.6 is 0 Å². The first-order chi connectivity index (χ1) is 11.0. The molecule has 23 heavy (non-hydrogen) atoms. The molecule has 6 nitrogen and oxygen atoms in total. The molecule has 0 radical (unpaired) electrons. The molecule has 2 rings (SSSR count). The molecule has 0 fully saturated rings. The van der Waals surface area contributed by atoms with E-state index in [2.05, 4.69) is 4.72 Å². The third kappa shape index (κ3) is 3.81. The number of rotatable bonds is 6. The molecule has 0 aliphatic carbocycles. The molecule has 0 spiro atoms. The van der Waals surface area contributed by atoms with Crippen molar-refractivity contribution in [3.63, 3.8) is 0 Å². The SMILES string of the molecule is CCOC(=O)c1ccccc1NS(=O)(=O)c1ccccc1OC. The minimum absolute atomic E-state index is 0.0128. The van der Waals surface area contributed by atoms with E-state index >= 15 is 0 Å². The fraction of sp³-hybridized carbons (Fsp3) is 0.188. The summed E-state index contributed by atoms with van der Waals surface area (Å²) in [5.74, 6) is -0.376. The molecule has 0 aromatic heterocycles. The fourth-order valence-electron chi connectivity index (χ4n) is 2.00. The van der Waals surface area contributed by atoms with E-state index in [1.807, 2.05) is 0 Å². The van der Waals surface area contributed by atoms with Crippen LogP contribution in [-0.4, -0.2) is 28.1 Å². The van der Waals surface area contributed by atoms with E-state index in [-0.39, 0.29) is 28.5 Å². The van der Waals surface area contributed by atoms with E-state index in [9.17, 15) is 13.2 Å². The van der Waals surface area contributed by atoms with Crippen molar-refractivity contribution in [2.75, 3.05) is 18.4 Å². The van der Waals surface area contributed by atoms with Crippen LogP contribution in [-0.2, 0) is 14.8 Å². The van der Waals surface area contributed by atoms with E-state index in [4.69, 9.17) is 9.47 Å². The quantitative estimate of drug-likeness (QED) is 0.821. The lowest BCUT2D eigenvalue weighted by molar-refractivity contribution is 0.0527. The summed E-state index contributed by atoms with van der Waals surface area (Å²) in [5.41, 5.74) is 0.296. The van der Waals surface area contributed by atoms with Crippen molar-refractivity contribution in [1.29, 1.82) is 0 Å². The van der Waals surface area contributed by atoms with Crippen LogP contribution < -0.4 is 9.46 Å². The van der Waals surface area contributed by atoms with Crippen molar-refractivity contribution in [2.45, 2.75) is 11.8 Å². The number of sulfonamides is 1. The minimum Gasteiger partial charge on any atom is -0.495 e. The Labute approximate surface area is 135 Å². The van der Waals surface area contributed by atoms with E-state index < -0.39 is 16.0 Å². The van der Waals surface area contributed by atoms with Gasteiger partial charge in [-0.1, -0.05) is 24.3 Å². The number of nitrogens with one attached hydrogen (secondary N) is 1. The molecule has 0 saturated carbocycles. The van der Waals surface area contributed by atoms with E-state index in [1.54, 1.807) is 37.3 Å². The second-order valence-corrected chi connectivity index (χ2v) is 6.17. The van der Waals surface area contributed by atoms with Crippen LogP contribution in [0.4, 0.5) is 5.69 Å². The zero-order chi connectivity index (χ0) is 16.9. The van der Waals surface area contributed by atoms with Crippen LogP contribution in [0.3, 0.4) is 0 Å². The van der Waals surface area contributed by atoms with Gasteiger partial charge in [-0.15, -0.1) is 0 Å². The fourth-order valence-corrected chi connectivity index (χ4v) is 3.25. The Hall–Kier alpha value is -2.54. The van der Waals surface area contributed by atoms with Crippen LogP contribution in [0.2, 0.25) is 0 Å². The molecule has 0 heterocycles. The maximum atomic E-state index is 12.6. The Kier molecular flexibility index (Phi) is 5.23. The highest BCUT2D eigenvalue weighted by Gasteiger charge is 2.22. The van der Waals surface area contributed by atoms with Crippen molar-refractivity contribution >= 4 is 21.7 Å². The number of methoxy groups -OCH3 is 1. The van der Waals surface area contributed by atoms with Crippen LogP contribution in [0.5, 0.6) is 5.75 Å². The largest absolute Gasteiger partial charge is 0.495 e. The lowest BCUT2D eigenvalue weighted by Gasteiger charge is -2.13. The summed E-state index contributed by atoms with van der Waals surface area (Å²) in [6.45, 7) is 1.88. The summed E-state index contributed by atoms with van der Waals surface area (Å²) in [7, 11) is -2.52. The highest BCUT2D eigenvalue weighted by Crippen LogP contribution is 2.26. The van der Waals surface area contributed by atoms with Crippen molar-refractivity contribution in [1.82, 2.24) is 0 Å². The zero-order valence-corrected chi connectivity index (χ0v) is 13.6. The summed E-state index contributed by atoms with van der Waals surface area (Å²) in [6.07, 6.45) is 0. The van der Waals surface area contributed by atoms with Gasteiger partial charge < -0.3 is 9.47 Å². The number of carbonyl (C=O) groups excluding carboxylic acids is 1. The Bertz CT molecular complexity index is 802. The second-order valence-electron chi connectivity index (χ2n) is 4.52. The van der Waals surface area contributed by atoms with Gasteiger partial charge in [-0.3, -0.25) is 4.72 Å². The number of hydrogen-bond acceptors (Lipinski definition) is 5. The number of carbonyl (C=O) groups is 1. The predicted molar refractivity (Wildman–Crippen MR) is 86.2 cm³/mol. The molecule has 0 aliphatic rings. The van der Waals surface area contributed by atoms with Gasteiger partial charge >= 0.3 is 5.97 Å². The molecule has 1 N–H and O–H groups in total. The van der Waals surface area contributed by atoms with E-state index in [1.165, 1.54) is 25.3 Å². The second kappa shape index (κ2) is 7.15. The maximum Gasteiger partial charge on any atom is 0.340 e. The van der Waals surface area contributed by atoms with Crippen molar-refractivity contribution in [3.8, 4) is 5.75 Å². The third-order valence-electron chi connectivity index (χ3n) is 3.03. The van der Waals surface area contributed by atoms with Gasteiger partial charge in [-0.05, 0) is 31.2 Å². The molecule has 2 aromatic rings. The minimum atomic E-state index is -3.91. The summed E-state index contributed by atoms with van der Waals surface area (Å²) in [5, 5.41) is 0.